The molecule has 0 amide bonds. The monoisotopic (exact) mass is 390 g/mol. The third-order valence-corrected chi connectivity index (χ3v) is 8.53. The highest BCUT2D eigenvalue weighted by atomic mass is 16.5. The topological polar surface area (TPSA) is 26.3 Å². The molecule has 0 aromatic carbocycles. The Bertz CT molecular complexity index is 435. The predicted octanol–water partition coefficient (Wildman–Crippen LogP) is 7.69. The summed E-state index contributed by atoms with van der Waals surface area (Å²) in [6.07, 6.45) is 22.4. The van der Waals surface area contributed by atoms with Crippen LogP contribution in [-0.2, 0) is 9.53 Å². The second kappa shape index (κ2) is 11.6. The molecule has 3 rings (SSSR count). The van der Waals surface area contributed by atoms with Crippen molar-refractivity contribution in [3.63, 3.8) is 0 Å². The van der Waals surface area contributed by atoms with E-state index in [9.17, 15) is 4.79 Å². The molecule has 3 aliphatic rings. The lowest BCUT2D eigenvalue weighted by Crippen LogP contribution is -2.32. The van der Waals surface area contributed by atoms with Crippen molar-refractivity contribution in [3.05, 3.63) is 0 Å². The molecule has 0 saturated heterocycles. The minimum Gasteiger partial charge on any atom is -0.462 e. The summed E-state index contributed by atoms with van der Waals surface area (Å²) in [5, 5.41) is 0. The summed E-state index contributed by atoms with van der Waals surface area (Å²) in [5.41, 5.74) is 0. The first-order valence-electron chi connectivity index (χ1n) is 12.9. The van der Waals surface area contributed by atoms with E-state index in [1.165, 1.54) is 83.5 Å². The average molecular weight is 391 g/mol. The first-order valence-corrected chi connectivity index (χ1v) is 12.9. The second-order valence-corrected chi connectivity index (χ2v) is 10.4. The summed E-state index contributed by atoms with van der Waals surface area (Å²) in [4.78, 5) is 12.6. The van der Waals surface area contributed by atoms with Gasteiger partial charge in [-0.3, -0.25) is 4.79 Å². The number of unbranched alkanes of at least 4 members (excludes halogenated alkanes) is 2. The molecule has 0 aliphatic heterocycles. The van der Waals surface area contributed by atoms with Gasteiger partial charge in [-0.1, -0.05) is 58.8 Å². The lowest BCUT2D eigenvalue weighted by Gasteiger charge is -2.38. The van der Waals surface area contributed by atoms with Gasteiger partial charge >= 0.3 is 5.97 Å². The smallest absolute Gasteiger partial charge is 0.309 e. The molecular weight excluding hydrogens is 344 g/mol. The van der Waals surface area contributed by atoms with Crippen molar-refractivity contribution in [1.29, 1.82) is 0 Å². The molecule has 2 nitrogen and oxygen atoms in total. The number of carbonyl (C=O) groups is 1. The van der Waals surface area contributed by atoms with E-state index < -0.39 is 0 Å². The lowest BCUT2D eigenvalue weighted by molar-refractivity contribution is -0.157. The van der Waals surface area contributed by atoms with E-state index in [2.05, 4.69) is 13.8 Å². The Hall–Kier alpha value is -0.530. The summed E-state index contributed by atoms with van der Waals surface area (Å²) >= 11 is 0. The molecule has 3 aliphatic carbocycles. The second-order valence-electron chi connectivity index (χ2n) is 10.4. The SMILES string of the molecule is CCCCCC1CCC(C2CCC(C(=O)OC3CCC(CC)CC3)CC2)CC1. The van der Waals surface area contributed by atoms with Crippen molar-refractivity contribution in [3.8, 4) is 0 Å². The van der Waals surface area contributed by atoms with Gasteiger partial charge in [0.05, 0.1) is 5.92 Å². The summed E-state index contributed by atoms with van der Waals surface area (Å²) in [6, 6.07) is 0. The van der Waals surface area contributed by atoms with Crippen LogP contribution in [0.25, 0.3) is 0 Å². The van der Waals surface area contributed by atoms with E-state index >= 15 is 0 Å². The van der Waals surface area contributed by atoms with Gasteiger partial charge in [-0.15, -0.1) is 0 Å². The fourth-order valence-corrected chi connectivity index (χ4v) is 6.38. The third-order valence-electron chi connectivity index (χ3n) is 8.53. The first kappa shape index (κ1) is 22.2. The Labute approximate surface area is 174 Å². The van der Waals surface area contributed by atoms with Crippen LogP contribution in [0.15, 0.2) is 0 Å². The van der Waals surface area contributed by atoms with Gasteiger partial charge in [0.15, 0.2) is 0 Å². The molecule has 0 bridgehead atoms. The van der Waals surface area contributed by atoms with Crippen LogP contribution in [0, 0.1) is 29.6 Å². The standard InChI is InChI=1S/C26H46O2/c1-3-5-6-7-21-8-12-22(13-9-21)23-14-16-24(17-15-23)26(27)28-25-18-10-20(4-2)11-19-25/h20-25H,3-19H2,1-2H3. The zero-order valence-corrected chi connectivity index (χ0v) is 18.8. The molecule has 162 valence electrons. The highest BCUT2D eigenvalue weighted by Crippen LogP contribution is 2.42. The van der Waals surface area contributed by atoms with Crippen LogP contribution in [0.4, 0.5) is 0 Å². The molecule has 0 heterocycles. The molecule has 0 aromatic heterocycles. The molecule has 2 heteroatoms. The van der Waals surface area contributed by atoms with Gasteiger partial charge < -0.3 is 4.74 Å². The van der Waals surface area contributed by atoms with Crippen LogP contribution in [0.3, 0.4) is 0 Å². The molecule has 0 unspecified atom stereocenters. The normalized spacial score (nSPS) is 36.8. The van der Waals surface area contributed by atoms with Gasteiger partial charge in [-0.25, -0.2) is 0 Å². The highest BCUT2D eigenvalue weighted by molar-refractivity contribution is 5.72. The van der Waals surface area contributed by atoms with E-state index in [4.69, 9.17) is 4.74 Å². The molecule has 0 spiro atoms. The summed E-state index contributed by atoms with van der Waals surface area (Å²) in [7, 11) is 0. The zero-order chi connectivity index (χ0) is 19.8. The fourth-order valence-electron chi connectivity index (χ4n) is 6.38. The van der Waals surface area contributed by atoms with Crippen LogP contribution in [-0.4, -0.2) is 12.1 Å². The van der Waals surface area contributed by atoms with Gasteiger partial charge in [0.25, 0.3) is 0 Å². The number of hydrogen-bond acceptors (Lipinski definition) is 2. The lowest BCUT2D eigenvalue weighted by atomic mass is 9.68. The van der Waals surface area contributed by atoms with E-state index in [1.54, 1.807) is 0 Å². The number of rotatable bonds is 8. The highest BCUT2D eigenvalue weighted by Gasteiger charge is 2.34. The Morgan fingerprint density at radius 3 is 1.86 bits per heavy atom. The summed E-state index contributed by atoms with van der Waals surface area (Å²) in [6.45, 7) is 4.59. The average Bonchev–Trinajstić information content (AvgIpc) is 2.75. The molecule has 0 N–H and O–H groups in total. The number of hydrogen-bond donors (Lipinski definition) is 0. The van der Waals surface area contributed by atoms with Crippen molar-refractivity contribution in [2.24, 2.45) is 29.6 Å². The van der Waals surface area contributed by atoms with Crippen molar-refractivity contribution in [2.75, 3.05) is 0 Å². The van der Waals surface area contributed by atoms with E-state index in [-0.39, 0.29) is 18.0 Å². The first-order chi connectivity index (χ1) is 13.7. The van der Waals surface area contributed by atoms with Crippen LogP contribution in [0.2, 0.25) is 0 Å². The van der Waals surface area contributed by atoms with Crippen LogP contribution in [0.5, 0.6) is 0 Å². The number of esters is 1. The van der Waals surface area contributed by atoms with Gasteiger partial charge in [0.2, 0.25) is 0 Å². The van der Waals surface area contributed by atoms with Crippen molar-refractivity contribution in [2.45, 2.75) is 129 Å². The number of ether oxygens (including phenoxy) is 1. The Kier molecular flexibility index (Phi) is 9.18. The van der Waals surface area contributed by atoms with Gasteiger partial charge in [0, 0.05) is 0 Å². The molecular formula is C26H46O2. The number of carbonyl (C=O) groups excluding carboxylic acids is 1. The third kappa shape index (κ3) is 6.49. The minimum atomic E-state index is 0.137. The van der Waals surface area contributed by atoms with Crippen LogP contribution < -0.4 is 0 Å². The molecule has 3 saturated carbocycles. The molecule has 0 aromatic rings. The van der Waals surface area contributed by atoms with Crippen molar-refractivity contribution in [1.82, 2.24) is 0 Å². The maximum atomic E-state index is 12.6. The molecule has 0 radical (unpaired) electrons. The summed E-state index contributed by atoms with van der Waals surface area (Å²) in [5.74, 6) is 4.05. The summed E-state index contributed by atoms with van der Waals surface area (Å²) < 4.78 is 5.93. The van der Waals surface area contributed by atoms with Gasteiger partial charge in [-0.2, -0.15) is 0 Å². The van der Waals surface area contributed by atoms with E-state index in [0.717, 1.165) is 49.4 Å². The maximum Gasteiger partial charge on any atom is 0.309 e. The van der Waals surface area contributed by atoms with Crippen LogP contribution in [0.1, 0.15) is 123 Å². The Balaban J connectivity index is 1.32. The molecule has 0 atom stereocenters. The molecule has 28 heavy (non-hydrogen) atoms. The largest absolute Gasteiger partial charge is 0.462 e. The fraction of sp³-hybridized carbons (Fsp3) is 0.962. The quantitative estimate of drug-likeness (QED) is 0.313. The predicted molar refractivity (Wildman–Crippen MR) is 117 cm³/mol. The van der Waals surface area contributed by atoms with Crippen molar-refractivity contribution >= 4 is 5.97 Å². The molecule has 3 fully saturated rings. The zero-order valence-electron chi connectivity index (χ0n) is 18.8. The Morgan fingerprint density at radius 1 is 0.714 bits per heavy atom. The van der Waals surface area contributed by atoms with Crippen LogP contribution >= 0.6 is 0 Å². The van der Waals surface area contributed by atoms with E-state index in [1.807, 2.05) is 0 Å². The Morgan fingerprint density at radius 2 is 1.29 bits per heavy atom. The van der Waals surface area contributed by atoms with Crippen molar-refractivity contribution < 1.29 is 9.53 Å². The van der Waals surface area contributed by atoms with E-state index in [0.29, 0.717) is 0 Å². The van der Waals surface area contributed by atoms with Gasteiger partial charge in [0.1, 0.15) is 6.10 Å². The minimum absolute atomic E-state index is 0.137. The maximum absolute atomic E-state index is 12.6. The van der Waals surface area contributed by atoms with Gasteiger partial charge in [-0.05, 0) is 87.9 Å².